The van der Waals surface area contributed by atoms with Crippen LogP contribution in [0.1, 0.15) is 24.2 Å². The Morgan fingerprint density at radius 2 is 2.26 bits per heavy atom. The van der Waals surface area contributed by atoms with E-state index in [-0.39, 0.29) is 11.9 Å². The van der Waals surface area contributed by atoms with Crippen LogP contribution >= 0.6 is 15.9 Å². The van der Waals surface area contributed by atoms with Gasteiger partial charge in [0, 0.05) is 17.7 Å². The number of aryl methyl sites for hydroxylation is 1. The summed E-state index contributed by atoms with van der Waals surface area (Å²) in [4.78, 5) is 4.35. The van der Waals surface area contributed by atoms with E-state index in [0.29, 0.717) is 12.0 Å². The van der Waals surface area contributed by atoms with E-state index in [2.05, 4.69) is 26.2 Å². The quantitative estimate of drug-likeness (QED) is 0.914. The Hall–Kier alpha value is -1.20. The van der Waals surface area contributed by atoms with Crippen LogP contribution in [-0.4, -0.2) is 16.1 Å². The van der Waals surface area contributed by atoms with Gasteiger partial charge in [0.2, 0.25) is 0 Å². The standard InChI is InChI=1S/C14H17BrFN3/c1-3-17-13(14-8-19(2)9-18-14)6-10-4-5-11(15)7-12(10)16/h4-5,7-9,13,17H,3,6H2,1-2H3. The second-order valence-electron chi connectivity index (χ2n) is 4.51. The summed E-state index contributed by atoms with van der Waals surface area (Å²) in [5, 5.41) is 3.35. The van der Waals surface area contributed by atoms with E-state index in [1.54, 1.807) is 6.33 Å². The first-order valence-electron chi connectivity index (χ1n) is 6.25. The van der Waals surface area contributed by atoms with E-state index >= 15 is 0 Å². The Balaban J connectivity index is 2.21. The number of likely N-dealkylation sites (N-methyl/N-ethyl adjacent to an activating group) is 1. The molecule has 0 radical (unpaired) electrons. The molecule has 1 unspecified atom stereocenters. The van der Waals surface area contributed by atoms with Crippen LogP contribution < -0.4 is 5.32 Å². The largest absolute Gasteiger partial charge is 0.340 e. The van der Waals surface area contributed by atoms with Gasteiger partial charge in [-0.05, 0) is 30.7 Å². The minimum Gasteiger partial charge on any atom is -0.340 e. The highest BCUT2D eigenvalue weighted by Crippen LogP contribution is 2.21. The van der Waals surface area contributed by atoms with Gasteiger partial charge in [0.05, 0.1) is 18.1 Å². The topological polar surface area (TPSA) is 29.9 Å². The zero-order valence-corrected chi connectivity index (χ0v) is 12.6. The third kappa shape index (κ3) is 3.64. The first-order chi connectivity index (χ1) is 9.10. The number of benzene rings is 1. The van der Waals surface area contributed by atoms with Gasteiger partial charge in [-0.3, -0.25) is 0 Å². The summed E-state index contributed by atoms with van der Waals surface area (Å²) in [5.41, 5.74) is 1.63. The third-order valence-electron chi connectivity index (χ3n) is 2.97. The molecule has 0 saturated heterocycles. The molecule has 0 bridgehead atoms. The molecule has 1 aromatic carbocycles. The van der Waals surface area contributed by atoms with Crippen molar-refractivity contribution in [1.29, 1.82) is 0 Å². The number of halogens is 2. The normalized spacial score (nSPS) is 12.6. The van der Waals surface area contributed by atoms with Gasteiger partial charge in [0.1, 0.15) is 5.82 Å². The number of imidazole rings is 1. The molecule has 2 rings (SSSR count). The van der Waals surface area contributed by atoms with Crippen LogP contribution in [-0.2, 0) is 13.5 Å². The summed E-state index contributed by atoms with van der Waals surface area (Å²) in [6, 6.07) is 5.20. The van der Waals surface area contributed by atoms with Crippen LogP contribution in [0.2, 0.25) is 0 Å². The van der Waals surface area contributed by atoms with Gasteiger partial charge in [0.25, 0.3) is 0 Å². The van der Waals surface area contributed by atoms with Crippen molar-refractivity contribution in [2.45, 2.75) is 19.4 Å². The van der Waals surface area contributed by atoms with Crippen LogP contribution in [0.3, 0.4) is 0 Å². The average Bonchev–Trinajstić information content (AvgIpc) is 2.78. The molecule has 1 heterocycles. The second kappa shape index (κ2) is 6.30. The predicted molar refractivity (Wildman–Crippen MR) is 77.4 cm³/mol. The maximum Gasteiger partial charge on any atom is 0.127 e. The maximum atomic E-state index is 13.9. The Kier molecular flexibility index (Phi) is 4.71. The third-order valence-corrected chi connectivity index (χ3v) is 3.46. The van der Waals surface area contributed by atoms with Gasteiger partial charge < -0.3 is 9.88 Å². The molecule has 0 saturated carbocycles. The number of nitrogens with zero attached hydrogens (tertiary/aromatic N) is 2. The first kappa shape index (κ1) is 14.2. The van der Waals surface area contributed by atoms with E-state index in [1.807, 2.05) is 36.9 Å². The van der Waals surface area contributed by atoms with E-state index in [9.17, 15) is 4.39 Å². The highest BCUT2D eigenvalue weighted by atomic mass is 79.9. The number of hydrogen-bond donors (Lipinski definition) is 1. The molecule has 5 heteroatoms. The molecule has 0 aliphatic heterocycles. The summed E-state index contributed by atoms with van der Waals surface area (Å²) in [5.74, 6) is -0.187. The van der Waals surface area contributed by atoms with Gasteiger partial charge in [-0.1, -0.05) is 28.9 Å². The molecule has 0 fully saturated rings. The lowest BCUT2D eigenvalue weighted by Gasteiger charge is -2.16. The SMILES string of the molecule is CCNC(Cc1ccc(Br)cc1F)c1cn(C)cn1. The zero-order chi connectivity index (χ0) is 13.8. The molecule has 0 aliphatic rings. The van der Waals surface area contributed by atoms with Crippen molar-refractivity contribution in [3.05, 3.63) is 52.3 Å². The lowest BCUT2D eigenvalue weighted by atomic mass is 10.0. The monoisotopic (exact) mass is 325 g/mol. The molecule has 0 aliphatic carbocycles. The van der Waals surface area contributed by atoms with Gasteiger partial charge in [-0.15, -0.1) is 0 Å². The fourth-order valence-corrected chi connectivity index (χ4v) is 2.38. The molecule has 102 valence electrons. The zero-order valence-electron chi connectivity index (χ0n) is 11.0. The summed E-state index contributed by atoms with van der Waals surface area (Å²) < 4.78 is 16.5. The van der Waals surface area contributed by atoms with Crippen LogP contribution in [0.5, 0.6) is 0 Å². The molecule has 19 heavy (non-hydrogen) atoms. The van der Waals surface area contributed by atoms with Crippen molar-refractivity contribution in [2.24, 2.45) is 7.05 Å². The van der Waals surface area contributed by atoms with Crippen LogP contribution in [0.4, 0.5) is 4.39 Å². The van der Waals surface area contributed by atoms with Crippen molar-refractivity contribution in [3.63, 3.8) is 0 Å². The van der Waals surface area contributed by atoms with Crippen LogP contribution in [0, 0.1) is 5.82 Å². The minimum absolute atomic E-state index is 0.0295. The lowest BCUT2D eigenvalue weighted by Crippen LogP contribution is -2.23. The first-order valence-corrected chi connectivity index (χ1v) is 7.04. The van der Waals surface area contributed by atoms with Crippen LogP contribution in [0.25, 0.3) is 0 Å². The molecular weight excluding hydrogens is 309 g/mol. The van der Waals surface area contributed by atoms with Crippen molar-refractivity contribution >= 4 is 15.9 Å². The van der Waals surface area contributed by atoms with E-state index in [1.165, 1.54) is 6.07 Å². The van der Waals surface area contributed by atoms with E-state index in [4.69, 9.17) is 0 Å². The summed E-state index contributed by atoms with van der Waals surface area (Å²) in [7, 11) is 1.93. The highest BCUT2D eigenvalue weighted by Gasteiger charge is 2.16. The molecule has 1 aromatic heterocycles. The number of nitrogens with one attached hydrogen (secondary N) is 1. The van der Waals surface area contributed by atoms with E-state index in [0.717, 1.165) is 16.7 Å². The number of aromatic nitrogens is 2. The molecule has 1 atom stereocenters. The second-order valence-corrected chi connectivity index (χ2v) is 5.43. The number of rotatable bonds is 5. The molecular formula is C14H17BrFN3. The Bertz CT molecular complexity index is 553. The molecule has 3 nitrogen and oxygen atoms in total. The van der Waals surface area contributed by atoms with Gasteiger partial charge in [-0.2, -0.15) is 0 Å². The van der Waals surface area contributed by atoms with Gasteiger partial charge in [-0.25, -0.2) is 9.37 Å². The van der Waals surface area contributed by atoms with Crippen molar-refractivity contribution in [1.82, 2.24) is 14.9 Å². The Labute approximate surface area is 121 Å². The highest BCUT2D eigenvalue weighted by molar-refractivity contribution is 9.10. The number of hydrogen-bond acceptors (Lipinski definition) is 2. The molecule has 0 amide bonds. The maximum absolute atomic E-state index is 13.9. The summed E-state index contributed by atoms with van der Waals surface area (Å²) >= 11 is 3.27. The smallest absolute Gasteiger partial charge is 0.127 e. The van der Waals surface area contributed by atoms with E-state index < -0.39 is 0 Å². The minimum atomic E-state index is -0.187. The van der Waals surface area contributed by atoms with Gasteiger partial charge >= 0.3 is 0 Å². The lowest BCUT2D eigenvalue weighted by molar-refractivity contribution is 0.519. The predicted octanol–water partition coefficient (Wildman–Crippen LogP) is 3.22. The summed E-state index contributed by atoms with van der Waals surface area (Å²) in [6.45, 7) is 2.85. The summed E-state index contributed by atoms with van der Waals surface area (Å²) in [6.07, 6.45) is 4.31. The van der Waals surface area contributed by atoms with Crippen molar-refractivity contribution < 1.29 is 4.39 Å². The molecule has 1 N–H and O–H groups in total. The van der Waals surface area contributed by atoms with Crippen molar-refractivity contribution in [2.75, 3.05) is 6.54 Å². The fraction of sp³-hybridized carbons (Fsp3) is 0.357. The Morgan fingerprint density at radius 3 is 2.84 bits per heavy atom. The molecule has 0 spiro atoms. The Morgan fingerprint density at radius 1 is 1.47 bits per heavy atom. The van der Waals surface area contributed by atoms with Gasteiger partial charge in [0.15, 0.2) is 0 Å². The van der Waals surface area contributed by atoms with Crippen molar-refractivity contribution in [3.8, 4) is 0 Å². The molecule has 2 aromatic rings. The average molecular weight is 326 g/mol. The fourth-order valence-electron chi connectivity index (χ4n) is 2.05. The van der Waals surface area contributed by atoms with Crippen LogP contribution in [0.15, 0.2) is 35.2 Å².